The maximum Gasteiger partial charge on any atom is 0.257 e. The fraction of sp³-hybridized carbons (Fsp3) is 0.200. The molecule has 0 unspecified atom stereocenters. The summed E-state index contributed by atoms with van der Waals surface area (Å²) < 4.78 is 10.7. The maximum atomic E-state index is 12.5. The van der Waals surface area contributed by atoms with Crippen molar-refractivity contribution in [3.05, 3.63) is 94.0 Å². The number of carbonyl (C=O) groups is 1. The molecule has 0 saturated carbocycles. The van der Waals surface area contributed by atoms with Gasteiger partial charge in [0, 0.05) is 47.5 Å². The number of nitrogens with one attached hydrogen (secondary N) is 3. The minimum atomic E-state index is -0.302. The van der Waals surface area contributed by atoms with E-state index >= 15 is 0 Å². The Labute approximate surface area is 185 Å². The van der Waals surface area contributed by atoms with Gasteiger partial charge in [0.1, 0.15) is 5.75 Å². The lowest BCUT2D eigenvalue weighted by molar-refractivity contribution is -0.123. The summed E-state index contributed by atoms with van der Waals surface area (Å²) in [5.41, 5.74) is 3.64. The zero-order valence-corrected chi connectivity index (χ0v) is 18.0. The fourth-order valence-corrected chi connectivity index (χ4v) is 3.71. The minimum Gasteiger partial charge on any atom is -0.497 e. The number of fused-ring (bicyclic) bond motifs is 1. The first kappa shape index (κ1) is 21.2. The number of methoxy groups -OCH3 is 1. The highest BCUT2D eigenvalue weighted by atomic mass is 16.5. The van der Waals surface area contributed by atoms with E-state index in [0.29, 0.717) is 6.54 Å². The fourth-order valence-electron chi connectivity index (χ4n) is 3.71. The quantitative estimate of drug-likeness (QED) is 0.398. The largest absolute Gasteiger partial charge is 0.497 e. The number of aromatic nitrogens is 2. The lowest BCUT2D eigenvalue weighted by atomic mass is 9.91. The van der Waals surface area contributed by atoms with Gasteiger partial charge in [-0.15, -0.1) is 0 Å². The molecule has 0 aliphatic rings. The first-order chi connectivity index (χ1) is 15.5. The number of hydrogen-bond donors (Lipinski definition) is 3. The van der Waals surface area contributed by atoms with E-state index in [2.05, 4.69) is 21.4 Å². The van der Waals surface area contributed by atoms with Gasteiger partial charge in [0.15, 0.2) is 12.4 Å². The van der Waals surface area contributed by atoms with Crippen molar-refractivity contribution < 1.29 is 14.3 Å². The average molecular weight is 431 g/mol. The predicted molar refractivity (Wildman–Crippen MR) is 123 cm³/mol. The van der Waals surface area contributed by atoms with Gasteiger partial charge in [0.05, 0.1) is 7.11 Å². The van der Waals surface area contributed by atoms with Gasteiger partial charge in [-0.2, -0.15) is 0 Å². The van der Waals surface area contributed by atoms with E-state index in [1.165, 1.54) is 12.3 Å². The Bertz CT molecular complexity index is 1270. The van der Waals surface area contributed by atoms with Gasteiger partial charge in [-0.1, -0.05) is 30.3 Å². The summed E-state index contributed by atoms with van der Waals surface area (Å²) in [5, 5.41) is 4.04. The number of aromatic amines is 2. The number of hydrogen-bond acceptors (Lipinski definition) is 4. The molecule has 4 rings (SSSR count). The SMILES string of the molecule is COc1ccc([C@H](CNC(=O)COc2c[nH]c(C)cc2=O)c2c[nH]c3ccccc23)cc1. The Morgan fingerprint density at radius 3 is 2.59 bits per heavy atom. The molecule has 0 spiro atoms. The number of para-hydroxylation sites is 1. The molecule has 2 aromatic carbocycles. The van der Waals surface area contributed by atoms with Gasteiger partial charge in [-0.25, -0.2) is 0 Å². The van der Waals surface area contributed by atoms with Crippen LogP contribution in [0.3, 0.4) is 0 Å². The van der Waals surface area contributed by atoms with Crippen LogP contribution in [0.1, 0.15) is 22.7 Å². The second-order valence-corrected chi connectivity index (χ2v) is 7.55. The Morgan fingerprint density at radius 1 is 1.06 bits per heavy atom. The highest BCUT2D eigenvalue weighted by molar-refractivity contribution is 5.84. The molecule has 3 N–H and O–H groups in total. The summed E-state index contributed by atoms with van der Waals surface area (Å²) in [6, 6.07) is 17.3. The monoisotopic (exact) mass is 431 g/mol. The minimum absolute atomic E-state index is 0.0798. The summed E-state index contributed by atoms with van der Waals surface area (Å²) in [5.74, 6) is 0.508. The number of benzene rings is 2. The molecule has 1 atom stereocenters. The number of rotatable bonds is 8. The van der Waals surface area contributed by atoms with Gasteiger partial charge in [0.2, 0.25) is 5.43 Å². The maximum absolute atomic E-state index is 12.5. The molecule has 7 heteroatoms. The molecule has 164 valence electrons. The molecule has 0 fully saturated rings. The van der Waals surface area contributed by atoms with Gasteiger partial charge >= 0.3 is 0 Å². The van der Waals surface area contributed by atoms with E-state index in [4.69, 9.17) is 9.47 Å². The van der Waals surface area contributed by atoms with Gasteiger partial charge in [0.25, 0.3) is 5.91 Å². The van der Waals surface area contributed by atoms with Crippen LogP contribution in [-0.2, 0) is 4.79 Å². The number of aryl methyl sites for hydroxylation is 1. The number of amides is 1. The van der Waals surface area contributed by atoms with Crippen LogP contribution in [-0.4, -0.2) is 36.1 Å². The summed E-state index contributed by atoms with van der Waals surface area (Å²) in [7, 11) is 1.63. The van der Waals surface area contributed by atoms with E-state index < -0.39 is 0 Å². The van der Waals surface area contributed by atoms with Crippen molar-refractivity contribution in [1.29, 1.82) is 0 Å². The van der Waals surface area contributed by atoms with Crippen LogP contribution in [0, 0.1) is 6.92 Å². The van der Waals surface area contributed by atoms with Gasteiger partial charge in [-0.3, -0.25) is 9.59 Å². The van der Waals surface area contributed by atoms with Crippen LogP contribution in [0.15, 0.2) is 71.8 Å². The number of pyridine rings is 1. The zero-order valence-electron chi connectivity index (χ0n) is 18.0. The topological polar surface area (TPSA) is 96.2 Å². The van der Waals surface area contributed by atoms with Crippen molar-refractivity contribution in [3.63, 3.8) is 0 Å². The second-order valence-electron chi connectivity index (χ2n) is 7.55. The Morgan fingerprint density at radius 2 is 1.84 bits per heavy atom. The number of carbonyl (C=O) groups excluding carboxylic acids is 1. The summed E-state index contributed by atoms with van der Waals surface area (Å²) in [6.07, 6.45) is 3.45. The molecule has 4 aromatic rings. The molecule has 7 nitrogen and oxygen atoms in total. The smallest absolute Gasteiger partial charge is 0.257 e. The van der Waals surface area contributed by atoms with Crippen LogP contribution < -0.4 is 20.2 Å². The molecule has 0 aliphatic heterocycles. The Balaban J connectivity index is 1.51. The standard InChI is InChI=1S/C25H25N3O4/c1-16-11-23(29)24(14-26-16)32-15-25(30)28-12-20(17-7-9-18(31-2)10-8-17)21-13-27-22-6-4-3-5-19(21)22/h3-11,13-14,20,27H,12,15H2,1-2H3,(H,26,29)(H,28,30)/t20-/m0/s1. The van der Waals surface area contributed by atoms with Crippen molar-refractivity contribution >= 4 is 16.8 Å². The molecule has 1 amide bonds. The molecule has 0 bridgehead atoms. The molecular formula is C25H25N3O4. The lowest BCUT2D eigenvalue weighted by Crippen LogP contribution is -2.33. The number of ether oxygens (including phenoxy) is 2. The van der Waals surface area contributed by atoms with E-state index in [-0.39, 0.29) is 29.6 Å². The molecule has 2 heterocycles. The van der Waals surface area contributed by atoms with E-state index in [0.717, 1.165) is 33.5 Å². The summed E-state index contributed by atoms with van der Waals surface area (Å²) in [4.78, 5) is 30.6. The van der Waals surface area contributed by atoms with E-state index in [1.54, 1.807) is 14.0 Å². The van der Waals surface area contributed by atoms with Crippen LogP contribution in [0.4, 0.5) is 0 Å². The molecule has 2 aromatic heterocycles. The van der Waals surface area contributed by atoms with Crippen molar-refractivity contribution in [2.75, 3.05) is 20.3 Å². The molecule has 0 aliphatic carbocycles. The van der Waals surface area contributed by atoms with Crippen molar-refractivity contribution in [1.82, 2.24) is 15.3 Å². The summed E-state index contributed by atoms with van der Waals surface area (Å²) >= 11 is 0. The van der Waals surface area contributed by atoms with Gasteiger partial charge in [-0.05, 0) is 36.2 Å². The second kappa shape index (κ2) is 9.43. The van der Waals surface area contributed by atoms with Crippen molar-refractivity contribution in [3.8, 4) is 11.5 Å². The third kappa shape index (κ3) is 4.67. The molecule has 0 saturated heterocycles. The first-order valence-electron chi connectivity index (χ1n) is 10.3. The lowest BCUT2D eigenvalue weighted by Gasteiger charge is -2.19. The van der Waals surface area contributed by atoms with Crippen molar-refractivity contribution in [2.24, 2.45) is 0 Å². The zero-order chi connectivity index (χ0) is 22.5. The molecule has 32 heavy (non-hydrogen) atoms. The Hall–Kier alpha value is -4.00. The van der Waals surface area contributed by atoms with Crippen LogP contribution in [0.2, 0.25) is 0 Å². The Kier molecular flexibility index (Phi) is 6.26. The van der Waals surface area contributed by atoms with E-state index in [1.807, 2.05) is 48.7 Å². The first-order valence-corrected chi connectivity index (χ1v) is 10.3. The highest BCUT2D eigenvalue weighted by Gasteiger charge is 2.19. The highest BCUT2D eigenvalue weighted by Crippen LogP contribution is 2.31. The van der Waals surface area contributed by atoms with Gasteiger partial charge < -0.3 is 24.8 Å². The third-order valence-corrected chi connectivity index (χ3v) is 5.40. The van der Waals surface area contributed by atoms with Crippen molar-refractivity contribution in [2.45, 2.75) is 12.8 Å². The normalized spacial score (nSPS) is 11.8. The van der Waals surface area contributed by atoms with Crippen LogP contribution in [0.25, 0.3) is 10.9 Å². The third-order valence-electron chi connectivity index (χ3n) is 5.40. The molecular weight excluding hydrogens is 406 g/mol. The van der Waals surface area contributed by atoms with E-state index in [9.17, 15) is 9.59 Å². The summed E-state index contributed by atoms with van der Waals surface area (Å²) in [6.45, 7) is 1.91. The average Bonchev–Trinajstić information content (AvgIpc) is 3.23. The number of H-pyrrole nitrogens is 2. The predicted octanol–water partition coefficient (Wildman–Crippen LogP) is 3.50. The molecule has 0 radical (unpaired) electrons. The van der Waals surface area contributed by atoms with Crippen LogP contribution in [0.5, 0.6) is 11.5 Å². The van der Waals surface area contributed by atoms with Crippen LogP contribution >= 0.6 is 0 Å².